The van der Waals surface area contributed by atoms with E-state index in [4.69, 9.17) is 0 Å². The average Bonchev–Trinajstić information content (AvgIpc) is 2.79. The predicted octanol–water partition coefficient (Wildman–Crippen LogP) is 2.53. The number of piperidine rings is 1. The summed E-state index contributed by atoms with van der Waals surface area (Å²) in [5.74, 6) is 0.433. The SMILES string of the molecule is O=C(CCn1c(=O)c(N2CCCCC2)nc2ccccc21)NCCc1ccccn1. The molecule has 1 saturated heterocycles. The number of aryl methyl sites for hydroxylation is 1. The lowest BCUT2D eigenvalue weighted by Crippen LogP contribution is -2.37. The summed E-state index contributed by atoms with van der Waals surface area (Å²) < 4.78 is 1.70. The fraction of sp³-hybridized carbons (Fsp3) is 0.391. The van der Waals surface area contributed by atoms with E-state index in [0.29, 0.717) is 25.3 Å². The number of carbonyl (C=O) groups excluding carboxylic acids is 1. The van der Waals surface area contributed by atoms with Gasteiger partial charge in [-0.25, -0.2) is 4.98 Å². The third kappa shape index (κ3) is 4.67. The second-order valence-electron chi connectivity index (χ2n) is 7.60. The fourth-order valence-electron chi connectivity index (χ4n) is 3.89. The quantitative estimate of drug-likeness (QED) is 0.653. The molecule has 0 bridgehead atoms. The summed E-state index contributed by atoms with van der Waals surface area (Å²) in [5.41, 5.74) is 2.38. The molecule has 1 N–H and O–H groups in total. The van der Waals surface area contributed by atoms with E-state index < -0.39 is 0 Å². The first-order valence-corrected chi connectivity index (χ1v) is 10.6. The third-order valence-electron chi connectivity index (χ3n) is 5.48. The van der Waals surface area contributed by atoms with Crippen molar-refractivity contribution in [2.45, 2.75) is 38.6 Å². The number of nitrogens with one attached hydrogen (secondary N) is 1. The van der Waals surface area contributed by atoms with Crippen LogP contribution in [-0.2, 0) is 17.8 Å². The zero-order valence-electron chi connectivity index (χ0n) is 17.1. The molecule has 0 atom stereocenters. The Hall–Kier alpha value is -3.22. The first-order valence-electron chi connectivity index (χ1n) is 10.6. The highest BCUT2D eigenvalue weighted by molar-refractivity contribution is 5.78. The molecular weight excluding hydrogens is 378 g/mol. The van der Waals surface area contributed by atoms with Crippen LogP contribution >= 0.6 is 0 Å². The molecule has 7 nitrogen and oxygen atoms in total. The van der Waals surface area contributed by atoms with Crippen molar-refractivity contribution < 1.29 is 4.79 Å². The Morgan fingerprint density at radius 3 is 2.63 bits per heavy atom. The largest absolute Gasteiger partial charge is 0.356 e. The predicted molar refractivity (Wildman–Crippen MR) is 118 cm³/mol. The van der Waals surface area contributed by atoms with E-state index in [0.717, 1.165) is 42.7 Å². The van der Waals surface area contributed by atoms with Crippen LogP contribution in [0.5, 0.6) is 0 Å². The molecule has 1 aromatic carbocycles. The molecule has 3 aromatic rings. The Bertz CT molecular complexity index is 1060. The van der Waals surface area contributed by atoms with Crippen molar-refractivity contribution in [3.8, 4) is 0 Å². The summed E-state index contributed by atoms with van der Waals surface area (Å²) in [4.78, 5) is 36.6. The van der Waals surface area contributed by atoms with Gasteiger partial charge >= 0.3 is 0 Å². The van der Waals surface area contributed by atoms with E-state index >= 15 is 0 Å². The number of fused-ring (bicyclic) bond motifs is 1. The van der Waals surface area contributed by atoms with Crippen LogP contribution in [0.15, 0.2) is 53.5 Å². The van der Waals surface area contributed by atoms with Crippen LogP contribution in [0.2, 0.25) is 0 Å². The van der Waals surface area contributed by atoms with E-state index in [9.17, 15) is 9.59 Å². The molecule has 7 heteroatoms. The van der Waals surface area contributed by atoms with Crippen LogP contribution < -0.4 is 15.8 Å². The molecule has 4 rings (SSSR count). The molecule has 2 aromatic heterocycles. The second-order valence-corrected chi connectivity index (χ2v) is 7.60. The van der Waals surface area contributed by atoms with Crippen LogP contribution in [-0.4, -0.2) is 40.1 Å². The molecule has 30 heavy (non-hydrogen) atoms. The number of pyridine rings is 1. The Morgan fingerprint density at radius 1 is 1.03 bits per heavy atom. The lowest BCUT2D eigenvalue weighted by atomic mass is 10.1. The van der Waals surface area contributed by atoms with Gasteiger partial charge in [0.05, 0.1) is 11.0 Å². The monoisotopic (exact) mass is 405 g/mol. The highest BCUT2D eigenvalue weighted by Gasteiger charge is 2.19. The van der Waals surface area contributed by atoms with Gasteiger partial charge in [0.1, 0.15) is 0 Å². The van der Waals surface area contributed by atoms with Crippen LogP contribution in [0.4, 0.5) is 5.82 Å². The number of nitrogens with zero attached hydrogens (tertiary/aromatic N) is 4. The minimum absolute atomic E-state index is 0.0711. The lowest BCUT2D eigenvalue weighted by Gasteiger charge is -2.27. The van der Waals surface area contributed by atoms with Gasteiger partial charge in [-0.05, 0) is 43.5 Å². The summed E-state index contributed by atoms with van der Waals surface area (Å²) >= 11 is 0. The summed E-state index contributed by atoms with van der Waals surface area (Å²) in [7, 11) is 0. The first-order chi connectivity index (χ1) is 14.7. The number of hydrogen-bond acceptors (Lipinski definition) is 5. The van der Waals surface area contributed by atoms with Crippen molar-refractivity contribution in [2.75, 3.05) is 24.5 Å². The molecule has 0 aliphatic carbocycles. The van der Waals surface area contributed by atoms with E-state index in [-0.39, 0.29) is 17.9 Å². The third-order valence-corrected chi connectivity index (χ3v) is 5.48. The summed E-state index contributed by atoms with van der Waals surface area (Å²) in [6, 6.07) is 13.4. The van der Waals surface area contributed by atoms with Gasteiger partial charge in [-0.3, -0.25) is 14.6 Å². The van der Waals surface area contributed by atoms with Gasteiger partial charge < -0.3 is 14.8 Å². The highest BCUT2D eigenvalue weighted by Crippen LogP contribution is 2.18. The zero-order valence-corrected chi connectivity index (χ0v) is 17.1. The Kier molecular flexibility index (Phi) is 6.37. The number of rotatable bonds is 7. The maximum absolute atomic E-state index is 13.2. The van der Waals surface area contributed by atoms with Crippen molar-refractivity contribution >= 4 is 22.8 Å². The Balaban J connectivity index is 1.46. The molecule has 1 amide bonds. The smallest absolute Gasteiger partial charge is 0.294 e. The topological polar surface area (TPSA) is 80.1 Å². The van der Waals surface area contributed by atoms with Gasteiger partial charge in [-0.15, -0.1) is 0 Å². The maximum atomic E-state index is 13.2. The summed E-state index contributed by atoms with van der Waals surface area (Å²) in [6.07, 6.45) is 6.02. The van der Waals surface area contributed by atoms with Crippen molar-refractivity contribution in [1.29, 1.82) is 0 Å². The van der Waals surface area contributed by atoms with Crippen molar-refractivity contribution in [3.63, 3.8) is 0 Å². The van der Waals surface area contributed by atoms with Gasteiger partial charge in [0.15, 0.2) is 5.82 Å². The molecule has 3 heterocycles. The minimum Gasteiger partial charge on any atom is -0.356 e. The molecular formula is C23H27N5O2. The standard InChI is InChI=1S/C23H27N5O2/c29-21(25-14-11-18-8-4-5-13-24-18)12-17-28-20-10-3-2-9-19(20)26-22(23(28)30)27-15-6-1-7-16-27/h2-5,8-10,13H,1,6-7,11-12,14-17H2,(H,25,29). The van der Waals surface area contributed by atoms with Crippen LogP contribution in [0.1, 0.15) is 31.4 Å². The van der Waals surface area contributed by atoms with Gasteiger partial charge in [0.25, 0.3) is 5.56 Å². The number of carbonyl (C=O) groups is 1. The van der Waals surface area contributed by atoms with Gasteiger partial charge in [-0.2, -0.15) is 0 Å². The van der Waals surface area contributed by atoms with Crippen molar-refractivity contribution in [3.05, 3.63) is 64.7 Å². The van der Waals surface area contributed by atoms with Crippen molar-refractivity contribution in [1.82, 2.24) is 19.9 Å². The molecule has 1 aliphatic rings. The van der Waals surface area contributed by atoms with E-state index in [1.165, 1.54) is 6.42 Å². The minimum atomic E-state index is -0.114. The molecule has 156 valence electrons. The number of anilines is 1. The number of para-hydroxylation sites is 2. The van der Waals surface area contributed by atoms with Crippen LogP contribution in [0.25, 0.3) is 11.0 Å². The molecule has 0 radical (unpaired) electrons. The van der Waals surface area contributed by atoms with Crippen LogP contribution in [0, 0.1) is 0 Å². The van der Waals surface area contributed by atoms with Gasteiger partial charge in [-0.1, -0.05) is 18.2 Å². The zero-order chi connectivity index (χ0) is 20.8. The Morgan fingerprint density at radius 2 is 1.83 bits per heavy atom. The molecule has 0 unspecified atom stereocenters. The van der Waals surface area contributed by atoms with E-state index in [2.05, 4.69) is 20.2 Å². The number of amides is 1. The lowest BCUT2D eigenvalue weighted by molar-refractivity contribution is -0.121. The normalized spacial score (nSPS) is 14.1. The van der Waals surface area contributed by atoms with Crippen molar-refractivity contribution in [2.24, 2.45) is 0 Å². The number of hydrogen-bond donors (Lipinski definition) is 1. The van der Waals surface area contributed by atoms with Crippen LogP contribution in [0.3, 0.4) is 0 Å². The number of benzene rings is 1. The Labute approximate surface area is 175 Å². The van der Waals surface area contributed by atoms with E-state index in [1.807, 2.05) is 42.5 Å². The van der Waals surface area contributed by atoms with Gasteiger partial charge in [0.2, 0.25) is 5.91 Å². The average molecular weight is 406 g/mol. The molecule has 1 aliphatic heterocycles. The summed E-state index contributed by atoms with van der Waals surface area (Å²) in [6.45, 7) is 2.57. The first kappa shape index (κ1) is 20.1. The molecule has 0 saturated carbocycles. The maximum Gasteiger partial charge on any atom is 0.294 e. The molecule has 1 fully saturated rings. The second kappa shape index (κ2) is 9.52. The fourth-order valence-corrected chi connectivity index (χ4v) is 3.89. The number of aromatic nitrogens is 3. The summed E-state index contributed by atoms with van der Waals surface area (Å²) in [5, 5.41) is 2.93. The molecule has 0 spiro atoms. The highest BCUT2D eigenvalue weighted by atomic mass is 16.2. The van der Waals surface area contributed by atoms with E-state index in [1.54, 1.807) is 10.8 Å². The van der Waals surface area contributed by atoms with Gasteiger partial charge in [0, 0.05) is 50.9 Å².